The standard InChI is InChI=1S/C22H19FN4/c1-3-14(2)27-13-16(18-6-4-5-7-21(18)27)10-15(12-24)22-25-19-9-8-17(23)11-20(19)26-22/h4-11,13-14H,3H2,1-2H3,(H,25,26)/b15-10-/t14-/m0/s1. The van der Waals surface area contributed by atoms with Gasteiger partial charge in [0.1, 0.15) is 17.7 Å². The van der Waals surface area contributed by atoms with Crippen molar-refractivity contribution in [3.8, 4) is 6.07 Å². The van der Waals surface area contributed by atoms with Crippen LogP contribution in [0.5, 0.6) is 0 Å². The summed E-state index contributed by atoms with van der Waals surface area (Å²) in [7, 11) is 0. The highest BCUT2D eigenvalue weighted by molar-refractivity contribution is 5.98. The van der Waals surface area contributed by atoms with Crippen LogP contribution in [0.1, 0.15) is 37.7 Å². The predicted octanol–water partition coefficient (Wildman–Crippen LogP) is 5.69. The Morgan fingerprint density at radius 2 is 2.15 bits per heavy atom. The highest BCUT2D eigenvalue weighted by atomic mass is 19.1. The second-order valence-corrected chi connectivity index (χ2v) is 6.68. The number of nitrogens with one attached hydrogen (secondary N) is 1. The molecule has 1 N–H and O–H groups in total. The maximum Gasteiger partial charge on any atom is 0.149 e. The van der Waals surface area contributed by atoms with Crippen LogP contribution < -0.4 is 0 Å². The molecule has 0 spiro atoms. The van der Waals surface area contributed by atoms with Crippen LogP contribution in [0.25, 0.3) is 33.6 Å². The van der Waals surface area contributed by atoms with Gasteiger partial charge in [0.2, 0.25) is 0 Å². The largest absolute Gasteiger partial charge is 0.344 e. The van der Waals surface area contributed by atoms with Crippen LogP contribution in [-0.4, -0.2) is 14.5 Å². The molecule has 0 amide bonds. The second kappa shape index (κ2) is 6.73. The average Bonchev–Trinajstić information content (AvgIpc) is 3.26. The fraction of sp³-hybridized carbons (Fsp3) is 0.182. The lowest BCUT2D eigenvalue weighted by Crippen LogP contribution is -2.01. The minimum atomic E-state index is -0.336. The van der Waals surface area contributed by atoms with Crippen LogP contribution in [0.2, 0.25) is 0 Å². The number of allylic oxidation sites excluding steroid dienone is 1. The second-order valence-electron chi connectivity index (χ2n) is 6.68. The highest BCUT2D eigenvalue weighted by Crippen LogP contribution is 2.29. The Bertz CT molecular complexity index is 1210. The van der Waals surface area contributed by atoms with Gasteiger partial charge in [-0.25, -0.2) is 9.37 Å². The van der Waals surface area contributed by atoms with Crippen LogP contribution in [0.3, 0.4) is 0 Å². The minimum Gasteiger partial charge on any atom is -0.344 e. The number of aromatic amines is 1. The zero-order valence-corrected chi connectivity index (χ0v) is 15.2. The molecule has 4 nitrogen and oxygen atoms in total. The molecule has 0 aliphatic heterocycles. The van der Waals surface area contributed by atoms with E-state index in [4.69, 9.17) is 0 Å². The summed E-state index contributed by atoms with van der Waals surface area (Å²) >= 11 is 0. The molecule has 0 aliphatic carbocycles. The number of nitrogens with zero attached hydrogens (tertiary/aromatic N) is 3. The highest BCUT2D eigenvalue weighted by Gasteiger charge is 2.13. The SMILES string of the molecule is CC[C@H](C)n1cc(/C=C(/C#N)c2nc3ccc(F)cc3[nH]2)c2ccccc21. The Balaban J connectivity index is 1.86. The first kappa shape index (κ1) is 17.0. The topological polar surface area (TPSA) is 57.4 Å². The van der Waals surface area contributed by atoms with E-state index >= 15 is 0 Å². The number of rotatable bonds is 4. The van der Waals surface area contributed by atoms with Crippen molar-refractivity contribution in [2.45, 2.75) is 26.3 Å². The number of hydrogen-bond donors (Lipinski definition) is 1. The summed E-state index contributed by atoms with van der Waals surface area (Å²) in [5.74, 6) is 0.107. The number of imidazole rings is 1. The molecule has 2 aromatic heterocycles. The van der Waals surface area contributed by atoms with Gasteiger partial charge in [-0.05, 0) is 43.7 Å². The zero-order valence-electron chi connectivity index (χ0n) is 15.2. The number of nitriles is 1. The van der Waals surface area contributed by atoms with E-state index in [2.05, 4.69) is 52.8 Å². The van der Waals surface area contributed by atoms with Crippen molar-refractivity contribution in [1.82, 2.24) is 14.5 Å². The van der Waals surface area contributed by atoms with Crippen LogP contribution in [0.15, 0.2) is 48.7 Å². The third-order valence-electron chi connectivity index (χ3n) is 4.96. The number of fused-ring (bicyclic) bond motifs is 2. The lowest BCUT2D eigenvalue weighted by molar-refractivity contribution is 0.548. The smallest absolute Gasteiger partial charge is 0.149 e. The first-order chi connectivity index (χ1) is 13.1. The van der Waals surface area contributed by atoms with Crippen LogP contribution in [-0.2, 0) is 0 Å². The van der Waals surface area contributed by atoms with E-state index < -0.39 is 0 Å². The molecule has 5 heteroatoms. The summed E-state index contributed by atoms with van der Waals surface area (Å²) in [5, 5.41) is 10.8. The Morgan fingerprint density at radius 3 is 2.93 bits per heavy atom. The fourth-order valence-electron chi connectivity index (χ4n) is 3.33. The normalized spacial score (nSPS) is 13.2. The van der Waals surface area contributed by atoms with Gasteiger partial charge in [-0.2, -0.15) is 5.26 Å². The van der Waals surface area contributed by atoms with Gasteiger partial charge in [-0.15, -0.1) is 0 Å². The monoisotopic (exact) mass is 358 g/mol. The van der Waals surface area contributed by atoms with Crippen molar-refractivity contribution in [3.05, 3.63) is 65.9 Å². The molecule has 0 saturated heterocycles. The third-order valence-corrected chi connectivity index (χ3v) is 4.96. The Labute approximate surface area is 156 Å². The van der Waals surface area contributed by atoms with Crippen molar-refractivity contribution in [3.63, 3.8) is 0 Å². The van der Waals surface area contributed by atoms with E-state index in [1.165, 1.54) is 12.1 Å². The Morgan fingerprint density at radius 1 is 1.33 bits per heavy atom. The summed E-state index contributed by atoms with van der Waals surface area (Å²) < 4.78 is 15.7. The first-order valence-electron chi connectivity index (χ1n) is 8.97. The molecule has 0 unspecified atom stereocenters. The molecule has 0 aliphatic rings. The number of para-hydroxylation sites is 1. The number of hydrogen-bond acceptors (Lipinski definition) is 2. The lowest BCUT2D eigenvalue weighted by atomic mass is 10.1. The molecular weight excluding hydrogens is 339 g/mol. The zero-order chi connectivity index (χ0) is 19.0. The molecule has 2 aromatic carbocycles. The van der Waals surface area contributed by atoms with Crippen LogP contribution in [0.4, 0.5) is 4.39 Å². The fourth-order valence-corrected chi connectivity index (χ4v) is 3.33. The van der Waals surface area contributed by atoms with Gasteiger partial charge in [-0.3, -0.25) is 0 Å². The van der Waals surface area contributed by atoms with E-state index in [9.17, 15) is 9.65 Å². The van der Waals surface area contributed by atoms with E-state index in [1.54, 1.807) is 6.07 Å². The predicted molar refractivity (Wildman–Crippen MR) is 106 cm³/mol. The molecule has 27 heavy (non-hydrogen) atoms. The van der Waals surface area contributed by atoms with Gasteiger partial charge in [-0.1, -0.05) is 25.1 Å². The maximum atomic E-state index is 13.4. The molecule has 0 bridgehead atoms. The third kappa shape index (κ3) is 3.00. The molecule has 0 fully saturated rings. The Kier molecular flexibility index (Phi) is 4.25. The van der Waals surface area contributed by atoms with E-state index in [0.717, 1.165) is 22.9 Å². The summed E-state index contributed by atoms with van der Waals surface area (Å²) in [5.41, 5.74) is 3.73. The molecule has 4 aromatic rings. The van der Waals surface area contributed by atoms with Crippen LogP contribution in [0, 0.1) is 17.1 Å². The maximum absolute atomic E-state index is 13.4. The number of benzene rings is 2. The molecule has 2 heterocycles. The van der Waals surface area contributed by atoms with Crippen molar-refractivity contribution < 1.29 is 4.39 Å². The summed E-state index contributed by atoms with van der Waals surface area (Å²) in [6.45, 7) is 4.34. The van der Waals surface area contributed by atoms with Crippen molar-refractivity contribution in [2.75, 3.05) is 0 Å². The van der Waals surface area contributed by atoms with Gasteiger partial charge < -0.3 is 9.55 Å². The van der Waals surface area contributed by atoms with Gasteiger partial charge >= 0.3 is 0 Å². The molecule has 0 saturated carbocycles. The van der Waals surface area contributed by atoms with Gasteiger partial charge in [0, 0.05) is 28.7 Å². The Hall–Kier alpha value is -3.39. The minimum absolute atomic E-state index is 0.336. The quantitative estimate of drug-likeness (QED) is 0.476. The van der Waals surface area contributed by atoms with Gasteiger partial charge in [0.25, 0.3) is 0 Å². The van der Waals surface area contributed by atoms with Crippen LogP contribution >= 0.6 is 0 Å². The van der Waals surface area contributed by atoms with E-state index in [0.29, 0.717) is 28.5 Å². The molecular formula is C22H19FN4. The molecule has 0 radical (unpaired) electrons. The molecule has 1 atom stereocenters. The number of halogens is 1. The molecule has 4 rings (SSSR count). The number of aromatic nitrogens is 3. The first-order valence-corrected chi connectivity index (χ1v) is 8.97. The molecule has 134 valence electrons. The van der Waals surface area contributed by atoms with E-state index in [1.807, 2.05) is 18.2 Å². The van der Waals surface area contributed by atoms with Crippen molar-refractivity contribution in [2.24, 2.45) is 0 Å². The average molecular weight is 358 g/mol. The van der Waals surface area contributed by atoms with Gasteiger partial charge in [0.15, 0.2) is 0 Å². The summed E-state index contributed by atoms with van der Waals surface area (Å²) in [6.07, 6.45) is 4.94. The number of H-pyrrole nitrogens is 1. The summed E-state index contributed by atoms with van der Waals surface area (Å²) in [4.78, 5) is 7.49. The summed E-state index contributed by atoms with van der Waals surface area (Å²) in [6, 6.07) is 15.1. The van der Waals surface area contributed by atoms with Crippen molar-refractivity contribution >= 4 is 33.6 Å². The van der Waals surface area contributed by atoms with Gasteiger partial charge in [0.05, 0.1) is 16.6 Å². The van der Waals surface area contributed by atoms with E-state index in [-0.39, 0.29) is 5.82 Å². The lowest BCUT2D eigenvalue weighted by Gasteiger charge is -2.12. The van der Waals surface area contributed by atoms with Crippen molar-refractivity contribution in [1.29, 1.82) is 5.26 Å².